The highest BCUT2D eigenvalue weighted by Crippen LogP contribution is 2.15. The number of hydrogen-bond acceptors (Lipinski definition) is 3. The van der Waals surface area contributed by atoms with Gasteiger partial charge in [-0.1, -0.05) is 30.3 Å². The normalized spacial score (nSPS) is 9.89. The fourth-order valence-corrected chi connectivity index (χ4v) is 1.66. The molecule has 0 radical (unpaired) electrons. The maximum Gasteiger partial charge on any atom is 0.153 e. The minimum absolute atomic E-state index is 0.525. The first-order chi connectivity index (χ1) is 9.40. The number of benzene rings is 2. The summed E-state index contributed by atoms with van der Waals surface area (Å²) in [5.41, 5.74) is 0.575. The maximum atomic E-state index is 10.8. The summed E-state index contributed by atoms with van der Waals surface area (Å²) in [4.78, 5) is 10.8. The lowest BCUT2D eigenvalue weighted by Crippen LogP contribution is -2.05. The van der Waals surface area contributed by atoms with Crippen LogP contribution in [0.4, 0.5) is 0 Å². The molecule has 3 heteroatoms. The molecule has 3 nitrogen and oxygen atoms in total. The molecule has 19 heavy (non-hydrogen) atoms. The van der Waals surface area contributed by atoms with Crippen LogP contribution >= 0.6 is 0 Å². The molecule has 2 aromatic carbocycles. The van der Waals surface area contributed by atoms with Crippen molar-refractivity contribution in [3.63, 3.8) is 0 Å². The van der Waals surface area contributed by atoms with E-state index in [1.54, 1.807) is 12.1 Å². The van der Waals surface area contributed by atoms with E-state index in [1.165, 1.54) is 0 Å². The van der Waals surface area contributed by atoms with Crippen LogP contribution in [0.2, 0.25) is 0 Å². The van der Waals surface area contributed by atoms with E-state index >= 15 is 0 Å². The summed E-state index contributed by atoms with van der Waals surface area (Å²) in [6.45, 7) is 1.12. The summed E-state index contributed by atoms with van der Waals surface area (Å²) >= 11 is 0. The van der Waals surface area contributed by atoms with E-state index in [-0.39, 0.29) is 0 Å². The minimum Gasteiger partial charge on any atom is -0.493 e. The third-order valence-corrected chi connectivity index (χ3v) is 2.60. The number of para-hydroxylation sites is 2. The molecule has 2 rings (SSSR count). The summed E-state index contributed by atoms with van der Waals surface area (Å²) in [5, 5.41) is 0. The lowest BCUT2D eigenvalue weighted by atomic mass is 10.2. The number of rotatable bonds is 7. The molecule has 0 aliphatic rings. The molecule has 0 amide bonds. The molecule has 2 aromatic rings. The Morgan fingerprint density at radius 3 is 2.32 bits per heavy atom. The number of hydrogen-bond donors (Lipinski definition) is 0. The van der Waals surface area contributed by atoms with Crippen molar-refractivity contribution in [2.75, 3.05) is 13.2 Å². The van der Waals surface area contributed by atoms with Crippen molar-refractivity contribution in [1.82, 2.24) is 0 Å². The Hall–Kier alpha value is -2.29. The zero-order valence-corrected chi connectivity index (χ0v) is 10.6. The summed E-state index contributed by atoms with van der Waals surface area (Å²) in [7, 11) is 0. The molecule has 0 aliphatic heterocycles. The van der Waals surface area contributed by atoms with Gasteiger partial charge in [-0.3, -0.25) is 4.79 Å². The Balaban J connectivity index is 1.71. The van der Waals surface area contributed by atoms with Crippen LogP contribution in [-0.2, 0) is 0 Å². The molecule has 0 N–H and O–H groups in total. The van der Waals surface area contributed by atoms with Crippen LogP contribution in [-0.4, -0.2) is 19.5 Å². The average Bonchev–Trinajstić information content (AvgIpc) is 2.48. The number of ether oxygens (including phenoxy) is 2. The van der Waals surface area contributed by atoms with Crippen LogP contribution in [0.1, 0.15) is 16.8 Å². The van der Waals surface area contributed by atoms with E-state index < -0.39 is 0 Å². The average molecular weight is 256 g/mol. The fourth-order valence-electron chi connectivity index (χ4n) is 1.66. The Morgan fingerprint density at radius 1 is 0.842 bits per heavy atom. The van der Waals surface area contributed by atoms with Crippen molar-refractivity contribution in [3.05, 3.63) is 60.2 Å². The Labute approximate surface area is 112 Å². The van der Waals surface area contributed by atoms with Crippen LogP contribution in [0, 0.1) is 0 Å². The van der Waals surface area contributed by atoms with Gasteiger partial charge in [-0.2, -0.15) is 0 Å². The van der Waals surface area contributed by atoms with Gasteiger partial charge < -0.3 is 9.47 Å². The van der Waals surface area contributed by atoms with Crippen molar-refractivity contribution in [2.24, 2.45) is 0 Å². The molecular weight excluding hydrogens is 240 g/mol. The third kappa shape index (κ3) is 4.14. The molecule has 0 spiro atoms. The van der Waals surface area contributed by atoms with Crippen molar-refractivity contribution in [1.29, 1.82) is 0 Å². The molecule has 98 valence electrons. The highest BCUT2D eigenvalue weighted by molar-refractivity contribution is 5.79. The van der Waals surface area contributed by atoms with E-state index in [9.17, 15) is 4.79 Å². The van der Waals surface area contributed by atoms with Gasteiger partial charge in [0.05, 0.1) is 18.8 Å². The summed E-state index contributed by atoms with van der Waals surface area (Å²) in [6.07, 6.45) is 1.57. The van der Waals surface area contributed by atoms with Crippen molar-refractivity contribution >= 4 is 6.29 Å². The smallest absolute Gasteiger partial charge is 0.153 e. The molecule has 0 bridgehead atoms. The largest absolute Gasteiger partial charge is 0.493 e. The quantitative estimate of drug-likeness (QED) is 0.563. The standard InChI is InChI=1S/C16H16O3/c17-13-14-7-4-5-10-16(14)19-12-6-11-18-15-8-2-1-3-9-15/h1-5,7-10,13H,6,11-12H2. The first kappa shape index (κ1) is 13.1. The van der Waals surface area contributed by atoms with Gasteiger partial charge in [0.25, 0.3) is 0 Å². The SMILES string of the molecule is O=Cc1ccccc1OCCCOc1ccccc1. The molecule has 0 aromatic heterocycles. The predicted molar refractivity (Wildman–Crippen MR) is 73.9 cm³/mol. The van der Waals surface area contributed by atoms with E-state index in [0.717, 1.165) is 18.5 Å². The molecule has 0 heterocycles. The fraction of sp³-hybridized carbons (Fsp3) is 0.188. The summed E-state index contributed by atoms with van der Waals surface area (Å²) in [6, 6.07) is 16.9. The predicted octanol–water partition coefficient (Wildman–Crippen LogP) is 3.35. The molecule has 0 saturated heterocycles. The van der Waals surface area contributed by atoms with Crippen molar-refractivity contribution < 1.29 is 14.3 Å². The summed E-state index contributed by atoms with van der Waals surface area (Å²) in [5.74, 6) is 1.48. The third-order valence-electron chi connectivity index (χ3n) is 2.60. The highest BCUT2D eigenvalue weighted by atomic mass is 16.5. The van der Waals surface area contributed by atoms with E-state index in [2.05, 4.69) is 0 Å². The zero-order valence-electron chi connectivity index (χ0n) is 10.6. The molecule has 0 fully saturated rings. The van der Waals surface area contributed by atoms with E-state index in [4.69, 9.17) is 9.47 Å². The second-order valence-corrected chi connectivity index (χ2v) is 4.02. The maximum absolute atomic E-state index is 10.8. The van der Waals surface area contributed by atoms with Gasteiger partial charge >= 0.3 is 0 Å². The van der Waals surface area contributed by atoms with E-state index in [0.29, 0.717) is 24.5 Å². The Morgan fingerprint density at radius 2 is 1.53 bits per heavy atom. The van der Waals surface area contributed by atoms with Crippen LogP contribution in [0.5, 0.6) is 11.5 Å². The lowest BCUT2D eigenvalue weighted by Gasteiger charge is -2.09. The van der Waals surface area contributed by atoms with Gasteiger partial charge in [0.15, 0.2) is 6.29 Å². The molecule has 0 unspecified atom stereocenters. The Kier molecular flexibility index (Phi) is 4.99. The molecule has 0 saturated carbocycles. The number of aldehydes is 1. The van der Waals surface area contributed by atoms with Gasteiger partial charge in [-0.25, -0.2) is 0 Å². The van der Waals surface area contributed by atoms with Crippen LogP contribution < -0.4 is 9.47 Å². The number of carbonyl (C=O) groups excluding carboxylic acids is 1. The first-order valence-electron chi connectivity index (χ1n) is 6.25. The van der Waals surface area contributed by atoms with Gasteiger partial charge in [-0.15, -0.1) is 0 Å². The molecule has 0 atom stereocenters. The van der Waals surface area contributed by atoms with Crippen LogP contribution in [0.15, 0.2) is 54.6 Å². The van der Waals surface area contributed by atoms with Gasteiger partial charge in [0.2, 0.25) is 0 Å². The highest BCUT2D eigenvalue weighted by Gasteiger charge is 2.00. The van der Waals surface area contributed by atoms with E-state index in [1.807, 2.05) is 42.5 Å². The monoisotopic (exact) mass is 256 g/mol. The Bertz CT molecular complexity index is 508. The van der Waals surface area contributed by atoms with Crippen molar-refractivity contribution in [2.45, 2.75) is 6.42 Å². The minimum atomic E-state index is 0.525. The van der Waals surface area contributed by atoms with Gasteiger partial charge in [-0.05, 0) is 24.3 Å². The van der Waals surface area contributed by atoms with Gasteiger partial charge in [0.1, 0.15) is 11.5 Å². The first-order valence-corrected chi connectivity index (χ1v) is 6.25. The number of carbonyl (C=O) groups is 1. The second-order valence-electron chi connectivity index (χ2n) is 4.02. The molecule has 0 aliphatic carbocycles. The summed E-state index contributed by atoms with van der Waals surface area (Å²) < 4.78 is 11.1. The zero-order chi connectivity index (χ0) is 13.3. The van der Waals surface area contributed by atoms with Crippen molar-refractivity contribution in [3.8, 4) is 11.5 Å². The lowest BCUT2D eigenvalue weighted by molar-refractivity contribution is 0.111. The van der Waals surface area contributed by atoms with Crippen LogP contribution in [0.25, 0.3) is 0 Å². The van der Waals surface area contributed by atoms with Gasteiger partial charge in [0, 0.05) is 6.42 Å². The second kappa shape index (κ2) is 7.21. The topological polar surface area (TPSA) is 35.5 Å². The molecular formula is C16H16O3. The van der Waals surface area contributed by atoms with Crippen LogP contribution in [0.3, 0.4) is 0 Å².